The molecule has 1 aromatic rings. The van der Waals surface area contributed by atoms with E-state index in [1.165, 1.54) is 11.3 Å². The lowest BCUT2D eigenvalue weighted by molar-refractivity contribution is 0.0936. The van der Waals surface area contributed by atoms with Crippen LogP contribution in [0.15, 0.2) is 6.07 Å². The van der Waals surface area contributed by atoms with Crippen LogP contribution in [0, 0.1) is 18.8 Å². The van der Waals surface area contributed by atoms with Crippen LogP contribution in [0.4, 0.5) is 0 Å². The molecule has 0 fully saturated rings. The molecule has 0 aliphatic heterocycles. The molecule has 0 aliphatic rings. The number of rotatable bonds is 7. The highest BCUT2D eigenvalue weighted by molar-refractivity contribution is 7.14. The number of nitrogens with one attached hydrogen (secondary N) is 1. The van der Waals surface area contributed by atoms with E-state index < -0.39 is 0 Å². The van der Waals surface area contributed by atoms with E-state index >= 15 is 0 Å². The Morgan fingerprint density at radius 3 is 2.76 bits per heavy atom. The Morgan fingerprint density at radius 1 is 1.38 bits per heavy atom. The van der Waals surface area contributed by atoms with Crippen molar-refractivity contribution in [2.24, 2.45) is 0 Å². The smallest absolute Gasteiger partial charge is 0.261 e. The second-order valence-electron chi connectivity index (χ2n) is 5.18. The summed E-state index contributed by atoms with van der Waals surface area (Å²) in [6.45, 7) is 6.09. The zero-order chi connectivity index (χ0) is 15.7. The normalized spacial score (nSPS) is 11.6. The molecule has 2 N–H and O–H groups in total. The highest BCUT2D eigenvalue weighted by Gasteiger charge is 2.15. The van der Waals surface area contributed by atoms with Crippen LogP contribution in [0.1, 0.15) is 66.1 Å². The maximum atomic E-state index is 12.3. The van der Waals surface area contributed by atoms with Crippen LogP contribution >= 0.6 is 11.3 Å². The molecule has 116 valence electrons. The SMILES string of the molecule is CCCCC(CCC)NC(=O)c1cc(C)c(C#CCO)s1. The van der Waals surface area contributed by atoms with Crippen molar-refractivity contribution in [3.05, 3.63) is 21.4 Å². The molecule has 1 amide bonds. The maximum Gasteiger partial charge on any atom is 0.261 e. The van der Waals surface area contributed by atoms with Gasteiger partial charge < -0.3 is 10.4 Å². The van der Waals surface area contributed by atoms with E-state index in [-0.39, 0.29) is 18.6 Å². The van der Waals surface area contributed by atoms with Gasteiger partial charge in [-0.25, -0.2) is 0 Å². The quantitative estimate of drug-likeness (QED) is 0.758. The predicted octanol–water partition coefficient (Wildman–Crippen LogP) is 3.49. The lowest BCUT2D eigenvalue weighted by Gasteiger charge is -2.17. The Labute approximate surface area is 131 Å². The summed E-state index contributed by atoms with van der Waals surface area (Å²) in [5.74, 6) is 5.52. The van der Waals surface area contributed by atoms with Crippen molar-refractivity contribution in [2.75, 3.05) is 6.61 Å². The zero-order valence-electron chi connectivity index (χ0n) is 13.2. The van der Waals surface area contributed by atoms with E-state index in [1.807, 2.05) is 13.0 Å². The molecule has 1 atom stereocenters. The van der Waals surface area contributed by atoms with Crippen molar-refractivity contribution in [1.29, 1.82) is 0 Å². The van der Waals surface area contributed by atoms with Gasteiger partial charge in [0.25, 0.3) is 5.91 Å². The van der Waals surface area contributed by atoms with Crippen molar-refractivity contribution in [3.63, 3.8) is 0 Å². The predicted molar refractivity (Wildman–Crippen MR) is 88.7 cm³/mol. The molecule has 4 heteroatoms. The van der Waals surface area contributed by atoms with Gasteiger partial charge >= 0.3 is 0 Å². The van der Waals surface area contributed by atoms with Gasteiger partial charge in [0, 0.05) is 6.04 Å². The van der Waals surface area contributed by atoms with E-state index in [9.17, 15) is 4.79 Å². The molecule has 1 heterocycles. The third-order valence-electron chi connectivity index (χ3n) is 3.30. The minimum Gasteiger partial charge on any atom is -0.384 e. The Morgan fingerprint density at radius 2 is 2.14 bits per heavy atom. The molecule has 0 bridgehead atoms. The number of aliphatic hydroxyl groups is 1. The first kappa shape index (κ1) is 17.7. The minimum atomic E-state index is -0.158. The van der Waals surface area contributed by atoms with Crippen molar-refractivity contribution in [2.45, 2.75) is 58.9 Å². The Kier molecular flexibility index (Phi) is 8.11. The number of unbranched alkanes of at least 4 members (excludes halogenated alkanes) is 1. The van der Waals surface area contributed by atoms with Crippen LogP contribution in [-0.4, -0.2) is 23.7 Å². The number of hydrogen-bond donors (Lipinski definition) is 2. The van der Waals surface area contributed by atoms with Gasteiger partial charge in [0.05, 0.1) is 9.75 Å². The van der Waals surface area contributed by atoms with E-state index in [0.717, 1.165) is 42.5 Å². The molecule has 0 radical (unpaired) electrons. The fraction of sp³-hybridized carbons (Fsp3) is 0.588. The molecule has 1 unspecified atom stereocenters. The number of carbonyl (C=O) groups is 1. The molecular formula is C17H25NO2S. The summed E-state index contributed by atoms with van der Waals surface area (Å²) in [6.07, 6.45) is 5.42. The van der Waals surface area contributed by atoms with Gasteiger partial charge in [0.1, 0.15) is 6.61 Å². The Hall–Kier alpha value is -1.31. The summed E-state index contributed by atoms with van der Waals surface area (Å²) in [5, 5.41) is 11.9. The molecule has 0 aromatic carbocycles. The Bertz CT molecular complexity index is 511. The van der Waals surface area contributed by atoms with Crippen molar-refractivity contribution >= 4 is 17.2 Å². The highest BCUT2D eigenvalue weighted by atomic mass is 32.1. The highest BCUT2D eigenvalue weighted by Crippen LogP contribution is 2.21. The molecule has 21 heavy (non-hydrogen) atoms. The zero-order valence-corrected chi connectivity index (χ0v) is 14.0. The second-order valence-corrected chi connectivity index (χ2v) is 6.24. The second kappa shape index (κ2) is 9.59. The summed E-state index contributed by atoms with van der Waals surface area (Å²) in [6, 6.07) is 2.14. The van der Waals surface area contributed by atoms with E-state index in [0.29, 0.717) is 4.88 Å². The van der Waals surface area contributed by atoms with Crippen LogP contribution < -0.4 is 5.32 Å². The van der Waals surface area contributed by atoms with E-state index in [4.69, 9.17) is 5.11 Å². The standard InChI is InChI=1S/C17H25NO2S/c1-4-6-9-14(8-5-2)18-17(20)16-12-13(3)15(21-16)10-7-11-19/h12,14,19H,4-6,8-9,11H2,1-3H3,(H,18,20). The number of thiophene rings is 1. The van der Waals surface area contributed by atoms with Crippen molar-refractivity contribution < 1.29 is 9.90 Å². The number of carbonyl (C=O) groups excluding carboxylic acids is 1. The number of hydrogen-bond acceptors (Lipinski definition) is 3. The van der Waals surface area contributed by atoms with E-state index in [2.05, 4.69) is 31.0 Å². The van der Waals surface area contributed by atoms with Gasteiger partial charge in [0.2, 0.25) is 0 Å². The molecule has 3 nitrogen and oxygen atoms in total. The average Bonchev–Trinajstić information content (AvgIpc) is 2.84. The minimum absolute atomic E-state index is 0.00491. The first-order valence-corrected chi connectivity index (χ1v) is 8.45. The summed E-state index contributed by atoms with van der Waals surface area (Å²) in [4.78, 5) is 13.9. The van der Waals surface area contributed by atoms with Crippen LogP contribution in [0.5, 0.6) is 0 Å². The number of aryl methyl sites for hydroxylation is 1. The van der Waals surface area contributed by atoms with Gasteiger partial charge in [-0.3, -0.25) is 4.79 Å². The molecule has 1 aromatic heterocycles. The molecule has 0 aliphatic carbocycles. The topological polar surface area (TPSA) is 49.3 Å². The molecule has 0 saturated carbocycles. The average molecular weight is 307 g/mol. The maximum absolute atomic E-state index is 12.3. The summed E-state index contributed by atoms with van der Waals surface area (Å²) < 4.78 is 0. The first-order valence-electron chi connectivity index (χ1n) is 7.63. The fourth-order valence-electron chi connectivity index (χ4n) is 2.18. The van der Waals surface area contributed by atoms with Crippen molar-refractivity contribution in [1.82, 2.24) is 5.32 Å². The van der Waals surface area contributed by atoms with E-state index in [1.54, 1.807) is 0 Å². The monoisotopic (exact) mass is 307 g/mol. The Balaban J connectivity index is 2.73. The van der Waals surface area contributed by atoms with Crippen LogP contribution in [0.25, 0.3) is 0 Å². The van der Waals surface area contributed by atoms with Gasteiger partial charge in [-0.2, -0.15) is 0 Å². The van der Waals surface area contributed by atoms with Gasteiger partial charge in [-0.05, 0) is 31.4 Å². The van der Waals surface area contributed by atoms with Crippen LogP contribution in [-0.2, 0) is 0 Å². The molecule has 0 saturated heterocycles. The molecule has 1 rings (SSSR count). The lowest BCUT2D eigenvalue weighted by Crippen LogP contribution is -2.34. The summed E-state index contributed by atoms with van der Waals surface area (Å²) in [7, 11) is 0. The van der Waals surface area contributed by atoms with Gasteiger partial charge in [-0.1, -0.05) is 45.0 Å². The third-order valence-corrected chi connectivity index (χ3v) is 4.45. The fourth-order valence-corrected chi connectivity index (χ4v) is 3.13. The first-order chi connectivity index (χ1) is 10.1. The third kappa shape index (κ3) is 5.91. The lowest BCUT2D eigenvalue weighted by atomic mass is 10.1. The number of aliphatic hydroxyl groups excluding tert-OH is 1. The van der Waals surface area contributed by atoms with Crippen LogP contribution in [0.2, 0.25) is 0 Å². The van der Waals surface area contributed by atoms with Crippen molar-refractivity contribution in [3.8, 4) is 11.8 Å². The molecule has 0 spiro atoms. The van der Waals surface area contributed by atoms with Gasteiger partial charge in [-0.15, -0.1) is 11.3 Å². The molecular weight excluding hydrogens is 282 g/mol. The van der Waals surface area contributed by atoms with Gasteiger partial charge in [0.15, 0.2) is 0 Å². The number of amides is 1. The summed E-state index contributed by atoms with van der Waals surface area (Å²) in [5.41, 5.74) is 0.992. The largest absolute Gasteiger partial charge is 0.384 e. The summed E-state index contributed by atoms with van der Waals surface area (Å²) >= 11 is 1.39. The van der Waals surface area contributed by atoms with Crippen LogP contribution in [0.3, 0.4) is 0 Å².